The average molecular weight is 265 g/mol. The summed E-state index contributed by atoms with van der Waals surface area (Å²) in [6.45, 7) is 0.966. The Morgan fingerprint density at radius 2 is 1.55 bits per heavy atom. The highest BCUT2D eigenvalue weighted by atomic mass is 16.1. The minimum atomic E-state index is -0.0199. The van der Waals surface area contributed by atoms with Crippen molar-refractivity contribution in [2.24, 2.45) is 0 Å². The molecular weight excluding hydrogens is 246 g/mol. The number of carbonyl (C=O) groups excluding carboxylic acids is 1. The van der Waals surface area contributed by atoms with Gasteiger partial charge in [-0.3, -0.25) is 4.79 Å². The van der Waals surface area contributed by atoms with Gasteiger partial charge in [-0.1, -0.05) is 48.5 Å². The van der Waals surface area contributed by atoms with Crippen molar-refractivity contribution in [1.82, 2.24) is 0 Å². The molecule has 0 radical (unpaired) electrons. The van der Waals surface area contributed by atoms with Crippen LogP contribution in [0.4, 0.5) is 5.69 Å². The van der Waals surface area contributed by atoms with Crippen LogP contribution in [0.5, 0.6) is 0 Å². The molecule has 2 heteroatoms. The van der Waals surface area contributed by atoms with Crippen molar-refractivity contribution in [1.29, 1.82) is 0 Å². The molecule has 0 bridgehead atoms. The number of para-hydroxylation sites is 1. The molecule has 102 valence electrons. The normalized spacial score (nSPS) is 18.8. The van der Waals surface area contributed by atoms with Crippen LogP contribution in [0.3, 0.4) is 0 Å². The molecule has 20 heavy (non-hydrogen) atoms. The van der Waals surface area contributed by atoms with Gasteiger partial charge in [0.1, 0.15) is 0 Å². The number of rotatable bonds is 3. The quantitative estimate of drug-likeness (QED) is 0.784. The summed E-state index contributed by atoms with van der Waals surface area (Å²) >= 11 is 0. The molecule has 2 aromatic carbocycles. The smallest absolute Gasteiger partial charge is 0.185 e. The van der Waals surface area contributed by atoms with E-state index in [1.807, 2.05) is 48.5 Å². The highest BCUT2D eigenvalue weighted by molar-refractivity contribution is 6.02. The van der Waals surface area contributed by atoms with Crippen molar-refractivity contribution in [2.45, 2.75) is 25.3 Å². The number of ketones is 1. The van der Waals surface area contributed by atoms with E-state index in [1.165, 1.54) is 0 Å². The van der Waals surface area contributed by atoms with Crippen LogP contribution in [-0.2, 0) is 0 Å². The molecule has 1 atom stereocenters. The molecule has 0 spiro atoms. The number of benzene rings is 2. The van der Waals surface area contributed by atoms with Gasteiger partial charge in [-0.15, -0.1) is 0 Å². The van der Waals surface area contributed by atoms with Crippen LogP contribution >= 0.6 is 0 Å². The maximum Gasteiger partial charge on any atom is 0.185 e. The third kappa shape index (κ3) is 2.60. The number of hydrogen-bond donors (Lipinski definition) is 0. The Balaban J connectivity index is 1.88. The topological polar surface area (TPSA) is 20.3 Å². The molecular formula is C18H19NO. The van der Waals surface area contributed by atoms with Crippen molar-refractivity contribution in [3.63, 3.8) is 0 Å². The van der Waals surface area contributed by atoms with Gasteiger partial charge in [-0.2, -0.15) is 0 Å². The fraction of sp³-hybridized carbons (Fsp3) is 0.278. The van der Waals surface area contributed by atoms with Gasteiger partial charge in [0, 0.05) is 17.8 Å². The maximum atomic E-state index is 12.7. The predicted octanol–water partition coefficient (Wildman–Crippen LogP) is 3.93. The third-order valence-electron chi connectivity index (χ3n) is 3.95. The molecule has 0 saturated carbocycles. The van der Waals surface area contributed by atoms with E-state index in [0.717, 1.165) is 37.1 Å². The van der Waals surface area contributed by atoms with E-state index in [9.17, 15) is 4.79 Å². The number of piperidine rings is 1. The van der Waals surface area contributed by atoms with Crippen molar-refractivity contribution >= 4 is 11.5 Å². The van der Waals surface area contributed by atoms with Gasteiger partial charge in [0.15, 0.2) is 5.78 Å². The summed E-state index contributed by atoms with van der Waals surface area (Å²) in [5, 5.41) is 0. The Labute approximate surface area is 120 Å². The highest BCUT2D eigenvalue weighted by Crippen LogP contribution is 2.26. The van der Waals surface area contributed by atoms with Crippen molar-refractivity contribution in [2.75, 3.05) is 11.4 Å². The van der Waals surface area contributed by atoms with Crippen LogP contribution in [0.15, 0.2) is 60.7 Å². The van der Waals surface area contributed by atoms with Crippen LogP contribution in [-0.4, -0.2) is 18.4 Å². The Bertz CT molecular complexity index is 564. The summed E-state index contributed by atoms with van der Waals surface area (Å²) in [6.07, 6.45) is 3.24. The number of hydrogen-bond acceptors (Lipinski definition) is 2. The second-order valence-electron chi connectivity index (χ2n) is 5.27. The van der Waals surface area contributed by atoms with Gasteiger partial charge >= 0.3 is 0 Å². The van der Waals surface area contributed by atoms with E-state index in [-0.39, 0.29) is 11.8 Å². The van der Waals surface area contributed by atoms with E-state index in [0.29, 0.717) is 0 Å². The van der Waals surface area contributed by atoms with Gasteiger partial charge in [-0.05, 0) is 31.4 Å². The van der Waals surface area contributed by atoms with Gasteiger partial charge < -0.3 is 4.90 Å². The molecule has 0 amide bonds. The number of nitrogens with zero attached hydrogens (tertiary/aromatic N) is 1. The minimum Gasteiger partial charge on any atom is -0.361 e. The summed E-state index contributed by atoms with van der Waals surface area (Å²) in [5.41, 5.74) is 1.97. The van der Waals surface area contributed by atoms with Crippen LogP contribution in [0.25, 0.3) is 0 Å². The van der Waals surface area contributed by atoms with Gasteiger partial charge in [-0.25, -0.2) is 0 Å². The van der Waals surface area contributed by atoms with Crippen LogP contribution < -0.4 is 4.90 Å². The first kappa shape index (κ1) is 12.9. The zero-order chi connectivity index (χ0) is 13.8. The molecule has 0 aliphatic carbocycles. The molecule has 0 N–H and O–H groups in total. The summed E-state index contributed by atoms with van der Waals surface area (Å²) in [6, 6.07) is 19.9. The third-order valence-corrected chi connectivity index (χ3v) is 3.95. The standard InChI is InChI=1S/C18H19NO/c20-18(15-9-3-1-4-10-15)17-13-7-8-14-19(17)16-11-5-2-6-12-16/h1-6,9-12,17H,7-8,13-14H2. The molecule has 2 nitrogen and oxygen atoms in total. The monoisotopic (exact) mass is 265 g/mol. The summed E-state index contributed by atoms with van der Waals surface area (Å²) in [4.78, 5) is 15.0. The molecule has 1 saturated heterocycles. The van der Waals surface area contributed by atoms with Crippen LogP contribution in [0.1, 0.15) is 29.6 Å². The number of carbonyl (C=O) groups is 1. The lowest BCUT2D eigenvalue weighted by atomic mass is 9.94. The lowest BCUT2D eigenvalue weighted by Gasteiger charge is -2.36. The molecule has 1 unspecified atom stereocenters. The summed E-state index contributed by atoms with van der Waals surface area (Å²) in [5.74, 6) is 0.245. The Hall–Kier alpha value is -2.09. The maximum absolute atomic E-state index is 12.7. The second-order valence-corrected chi connectivity index (χ2v) is 5.27. The summed E-state index contributed by atoms with van der Waals surface area (Å²) in [7, 11) is 0. The average Bonchev–Trinajstić information content (AvgIpc) is 2.56. The first-order chi connectivity index (χ1) is 9.86. The lowest BCUT2D eigenvalue weighted by molar-refractivity contribution is 0.0945. The van der Waals surface area contributed by atoms with Gasteiger partial charge in [0.2, 0.25) is 0 Å². The largest absolute Gasteiger partial charge is 0.361 e. The van der Waals surface area contributed by atoms with Crippen LogP contribution in [0.2, 0.25) is 0 Å². The number of Topliss-reactive ketones (excluding diaryl/α,β-unsaturated/α-hetero) is 1. The zero-order valence-corrected chi connectivity index (χ0v) is 11.5. The SMILES string of the molecule is O=C(c1ccccc1)C1CCCCN1c1ccccc1. The second kappa shape index (κ2) is 5.91. The van der Waals surface area contributed by atoms with Crippen molar-refractivity contribution in [3.05, 3.63) is 66.2 Å². The molecule has 0 aromatic heterocycles. The molecule has 1 aliphatic rings. The van der Waals surface area contributed by atoms with Gasteiger partial charge in [0.25, 0.3) is 0 Å². The fourth-order valence-electron chi connectivity index (χ4n) is 2.93. The molecule has 1 aliphatic heterocycles. The Kier molecular flexibility index (Phi) is 3.82. The van der Waals surface area contributed by atoms with Crippen molar-refractivity contribution < 1.29 is 4.79 Å². The molecule has 3 rings (SSSR count). The molecule has 1 heterocycles. The van der Waals surface area contributed by atoms with Crippen molar-refractivity contribution in [3.8, 4) is 0 Å². The van der Waals surface area contributed by atoms with E-state index >= 15 is 0 Å². The fourth-order valence-corrected chi connectivity index (χ4v) is 2.93. The van der Waals surface area contributed by atoms with E-state index in [4.69, 9.17) is 0 Å². The first-order valence-electron chi connectivity index (χ1n) is 7.27. The van der Waals surface area contributed by atoms with E-state index in [1.54, 1.807) is 0 Å². The Morgan fingerprint density at radius 1 is 0.900 bits per heavy atom. The molecule has 1 fully saturated rings. The Morgan fingerprint density at radius 3 is 2.25 bits per heavy atom. The predicted molar refractivity (Wildman–Crippen MR) is 82.2 cm³/mol. The first-order valence-corrected chi connectivity index (χ1v) is 7.27. The number of anilines is 1. The summed E-state index contributed by atoms with van der Waals surface area (Å²) < 4.78 is 0. The minimum absolute atomic E-state index is 0.0199. The van der Waals surface area contributed by atoms with E-state index < -0.39 is 0 Å². The molecule has 2 aromatic rings. The zero-order valence-electron chi connectivity index (χ0n) is 11.5. The van der Waals surface area contributed by atoms with E-state index in [2.05, 4.69) is 17.0 Å². The van der Waals surface area contributed by atoms with Gasteiger partial charge in [0.05, 0.1) is 6.04 Å². The lowest BCUT2D eigenvalue weighted by Crippen LogP contribution is -2.44. The highest BCUT2D eigenvalue weighted by Gasteiger charge is 2.29. The van der Waals surface area contributed by atoms with Crippen LogP contribution in [0, 0.1) is 0 Å².